The molecule has 2 aromatic carbocycles. The predicted octanol–water partition coefficient (Wildman–Crippen LogP) is 4.94. The van der Waals surface area contributed by atoms with Crippen molar-refractivity contribution >= 4 is 29.4 Å². The lowest BCUT2D eigenvalue weighted by molar-refractivity contribution is 0.795. The van der Waals surface area contributed by atoms with Crippen LogP contribution in [0.2, 0.25) is 5.02 Å². The smallest absolute Gasteiger partial charge is 0.191 e. The van der Waals surface area contributed by atoms with Crippen LogP contribution in [-0.2, 0) is 7.05 Å². The molecule has 0 saturated heterocycles. The summed E-state index contributed by atoms with van der Waals surface area (Å²) in [6.45, 7) is 0. The molecule has 0 N–H and O–H groups in total. The van der Waals surface area contributed by atoms with Gasteiger partial charge in [0, 0.05) is 18.4 Å². The van der Waals surface area contributed by atoms with Gasteiger partial charge in [-0.25, -0.2) is 0 Å². The monoisotopic (exact) mass is 341 g/mol. The Morgan fingerprint density at radius 1 is 1.04 bits per heavy atom. The fourth-order valence-electron chi connectivity index (χ4n) is 2.19. The van der Waals surface area contributed by atoms with Gasteiger partial charge in [-0.2, -0.15) is 0 Å². The van der Waals surface area contributed by atoms with E-state index in [4.69, 9.17) is 11.6 Å². The summed E-state index contributed by atoms with van der Waals surface area (Å²) in [6.07, 6.45) is 4.24. The van der Waals surface area contributed by atoms with Gasteiger partial charge in [0.15, 0.2) is 11.0 Å². The van der Waals surface area contributed by atoms with Gasteiger partial charge in [0.1, 0.15) is 0 Å². The molecule has 0 spiro atoms. The van der Waals surface area contributed by atoms with E-state index in [0.717, 1.165) is 22.3 Å². The van der Waals surface area contributed by atoms with Crippen LogP contribution in [0.5, 0.6) is 0 Å². The van der Waals surface area contributed by atoms with E-state index < -0.39 is 0 Å². The number of thioether (sulfide) groups is 1. The Bertz CT molecular complexity index is 812. The van der Waals surface area contributed by atoms with Crippen molar-refractivity contribution in [3.8, 4) is 11.4 Å². The summed E-state index contributed by atoms with van der Waals surface area (Å²) in [4.78, 5) is 0. The summed E-state index contributed by atoms with van der Waals surface area (Å²) < 4.78 is 1.97. The summed E-state index contributed by atoms with van der Waals surface area (Å²) in [7, 11) is 1.96. The number of benzene rings is 2. The first kappa shape index (κ1) is 15.8. The molecule has 0 aliphatic heterocycles. The van der Waals surface area contributed by atoms with Gasteiger partial charge in [0.05, 0.1) is 5.02 Å². The molecule has 116 valence electrons. The molecular formula is C18H16ClN3S. The maximum Gasteiger partial charge on any atom is 0.191 e. The van der Waals surface area contributed by atoms with Crippen molar-refractivity contribution in [2.24, 2.45) is 7.05 Å². The first-order chi connectivity index (χ1) is 11.3. The number of hydrogen-bond acceptors (Lipinski definition) is 3. The zero-order valence-corrected chi connectivity index (χ0v) is 14.3. The highest BCUT2D eigenvalue weighted by atomic mass is 35.5. The highest BCUT2D eigenvalue weighted by Crippen LogP contribution is 2.28. The lowest BCUT2D eigenvalue weighted by atomic mass is 10.2. The topological polar surface area (TPSA) is 30.7 Å². The Hall–Kier alpha value is -2.04. The average Bonchev–Trinajstić information content (AvgIpc) is 2.94. The third-order valence-corrected chi connectivity index (χ3v) is 4.67. The molecule has 0 unspecified atom stereocenters. The summed E-state index contributed by atoms with van der Waals surface area (Å²) in [6, 6.07) is 17.9. The molecule has 0 aliphatic rings. The van der Waals surface area contributed by atoms with E-state index in [9.17, 15) is 0 Å². The van der Waals surface area contributed by atoms with E-state index in [0.29, 0.717) is 5.02 Å². The maximum atomic E-state index is 6.24. The fraction of sp³-hybridized carbons (Fsp3) is 0.111. The molecule has 0 amide bonds. The van der Waals surface area contributed by atoms with Gasteiger partial charge in [-0.1, -0.05) is 78.0 Å². The standard InChI is InChI=1S/C18H16ClN3S/c1-22-17(15-11-5-6-12-16(15)19)20-21-18(22)23-13-7-10-14-8-3-2-4-9-14/h2-12H,13H2,1H3. The van der Waals surface area contributed by atoms with Gasteiger partial charge in [0.2, 0.25) is 0 Å². The first-order valence-corrected chi connectivity index (χ1v) is 8.61. The van der Waals surface area contributed by atoms with Crippen molar-refractivity contribution in [3.05, 3.63) is 71.3 Å². The van der Waals surface area contributed by atoms with Crippen LogP contribution in [0.25, 0.3) is 17.5 Å². The number of rotatable bonds is 5. The maximum absolute atomic E-state index is 6.24. The van der Waals surface area contributed by atoms with E-state index in [1.165, 1.54) is 5.56 Å². The minimum absolute atomic E-state index is 0.684. The molecule has 0 bridgehead atoms. The Labute approximate surface area is 145 Å². The van der Waals surface area contributed by atoms with E-state index in [1.54, 1.807) is 11.8 Å². The highest BCUT2D eigenvalue weighted by molar-refractivity contribution is 7.99. The van der Waals surface area contributed by atoms with Crippen molar-refractivity contribution in [3.63, 3.8) is 0 Å². The minimum Gasteiger partial charge on any atom is -0.305 e. The molecule has 0 aliphatic carbocycles. The molecule has 0 fully saturated rings. The lowest BCUT2D eigenvalue weighted by Gasteiger charge is -2.04. The summed E-state index contributed by atoms with van der Waals surface area (Å²) in [5.74, 6) is 1.62. The van der Waals surface area contributed by atoms with Gasteiger partial charge >= 0.3 is 0 Å². The number of nitrogens with zero attached hydrogens (tertiary/aromatic N) is 3. The molecule has 23 heavy (non-hydrogen) atoms. The van der Waals surface area contributed by atoms with Crippen molar-refractivity contribution < 1.29 is 0 Å². The predicted molar refractivity (Wildman–Crippen MR) is 97.6 cm³/mol. The quantitative estimate of drug-likeness (QED) is 0.616. The molecular weight excluding hydrogens is 326 g/mol. The van der Waals surface area contributed by atoms with Crippen LogP contribution in [0.1, 0.15) is 5.56 Å². The van der Waals surface area contributed by atoms with Crippen LogP contribution in [0.4, 0.5) is 0 Å². The summed E-state index contributed by atoms with van der Waals surface area (Å²) in [5.41, 5.74) is 2.10. The highest BCUT2D eigenvalue weighted by Gasteiger charge is 2.12. The van der Waals surface area contributed by atoms with Crippen molar-refractivity contribution in [2.45, 2.75) is 5.16 Å². The number of aromatic nitrogens is 3. The van der Waals surface area contributed by atoms with Crippen LogP contribution in [0.3, 0.4) is 0 Å². The molecule has 3 nitrogen and oxygen atoms in total. The summed E-state index contributed by atoms with van der Waals surface area (Å²) in [5, 5.41) is 10.1. The third-order valence-electron chi connectivity index (χ3n) is 3.37. The molecule has 1 heterocycles. The number of halogens is 1. The van der Waals surface area contributed by atoms with Crippen molar-refractivity contribution in [1.29, 1.82) is 0 Å². The zero-order chi connectivity index (χ0) is 16.1. The second-order valence-corrected chi connectivity index (χ2v) is 6.36. The van der Waals surface area contributed by atoms with Gasteiger partial charge in [-0.15, -0.1) is 10.2 Å². The van der Waals surface area contributed by atoms with Crippen molar-refractivity contribution in [2.75, 3.05) is 5.75 Å². The second kappa shape index (κ2) is 7.49. The molecule has 5 heteroatoms. The van der Waals surface area contributed by atoms with Crippen LogP contribution >= 0.6 is 23.4 Å². The van der Waals surface area contributed by atoms with Gasteiger partial charge in [0.25, 0.3) is 0 Å². The van der Waals surface area contributed by atoms with Gasteiger partial charge in [-0.05, 0) is 17.7 Å². The molecule has 3 rings (SSSR count). The lowest BCUT2D eigenvalue weighted by Crippen LogP contribution is -1.95. The SMILES string of the molecule is Cn1c(SCC=Cc2ccccc2)nnc1-c1ccccc1Cl. The van der Waals surface area contributed by atoms with E-state index in [1.807, 2.05) is 54.1 Å². The van der Waals surface area contributed by atoms with Crippen LogP contribution in [-0.4, -0.2) is 20.5 Å². The molecule has 0 saturated carbocycles. The van der Waals surface area contributed by atoms with E-state index in [-0.39, 0.29) is 0 Å². The minimum atomic E-state index is 0.684. The van der Waals surface area contributed by atoms with E-state index in [2.05, 4.69) is 34.5 Å². The Kier molecular flexibility index (Phi) is 5.16. The number of hydrogen-bond donors (Lipinski definition) is 0. The molecule has 0 atom stereocenters. The van der Waals surface area contributed by atoms with Crippen LogP contribution in [0.15, 0.2) is 65.8 Å². The molecule has 1 aromatic heterocycles. The second-order valence-electron chi connectivity index (χ2n) is 4.97. The first-order valence-electron chi connectivity index (χ1n) is 7.24. The normalized spacial score (nSPS) is 11.2. The van der Waals surface area contributed by atoms with Crippen LogP contribution in [0, 0.1) is 0 Å². The van der Waals surface area contributed by atoms with Crippen LogP contribution < -0.4 is 0 Å². The van der Waals surface area contributed by atoms with E-state index >= 15 is 0 Å². The Morgan fingerprint density at radius 3 is 2.57 bits per heavy atom. The molecule has 0 radical (unpaired) electrons. The molecule has 3 aromatic rings. The van der Waals surface area contributed by atoms with Gasteiger partial charge in [-0.3, -0.25) is 0 Å². The van der Waals surface area contributed by atoms with Crippen molar-refractivity contribution in [1.82, 2.24) is 14.8 Å². The summed E-state index contributed by atoms with van der Waals surface area (Å²) >= 11 is 7.88. The largest absolute Gasteiger partial charge is 0.305 e. The average molecular weight is 342 g/mol. The third kappa shape index (κ3) is 3.84. The Balaban J connectivity index is 1.68. The van der Waals surface area contributed by atoms with Gasteiger partial charge < -0.3 is 4.57 Å². The zero-order valence-electron chi connectivity index (χ0n) is 12.7. The Morgan fingerprint density at radius 2 is 1.78 bits per heavy atom. The fourth-order valence-corrected chi connectivity index (χ4v) is 3.13.